The van der Waals surface area contributed by atoms with Crippen molar-refractivity contribution < 1.29 is 0 Å². The highest BCUT2D eigenvalue weighted by molar-refractivity contribution is 9.10. The molecule has 0 unspecified atom stereocenters. The minimum Gasteiger partial charge on any atom is -0.385 e. The first-order valence-corrected chi connectivity index (χ1v) is 6.53. The predicted molar refractivity (Wildman–Crippen MR) is 75.9 cm³/mol. The SMILES string of the molecule is CCNc1ccnc(Cn2cc(Br)ccc2=O)c1. The van der Waals surface area contributed by atoms with Crippen molar-refractivity contribution in [3.05, 3.63) is 57.2 Å². The number of nitrogens with one attached hydrogen (secondary N) is 1. The van der Waals surface area contributed by atoms with Gasteiger partial charge in [-0.3, -0.25) is 9.78 Å². The number of rotatable bonds is 4. The van der Waals surface area contributed by atoms with E-state index in [0.29, 0.717) is 6.54 Å². The second-order valence-corrected chi connectivity index (χ2v) is 4.80. The van der Waals surface area contributed by atoms with Gasteiger partial charge in [0, 0.05) is 35.2 Å². The van der Waals surface area contributed by atoms with E-state index >= 15 is 0 Å². The lowest BCUT2D eigenvalue weighted by atomic mass is 10.3. The molecule has 2 aromatic rings. The molecule has 5 heteroatoms. The zero-order valence-electron chi connectivity index (χ0n) is 10.1. The van der Waals surface area contributed by atoms with Gasteiger partial charge in [0.1, 0.15) is 0 Å². The molecular weight excluding hydrogens is 294 g/mol. The molecule has 2 aromatic heterocycles. The van der Waals surface area contributed by atoms with E-state index in [0.717, 1.165) is 22.4 Å². The fourth-order valence-corrected chi connectivity index (χ4v) is 2.06. The highest BCUT2D eigenvalue weighted by Gasteiger charge is 2.01. The van der Waals surface area contributed by atoms with Crippen LogP contribution in [-0.4, -0.2) is 16.1 Å². The molecule has 0 atom stereocenters. The van der Waals surface area contributed by atoms with Crippen molar-refractivity contribution in [2.75, 3.05) is 11.9 Å². The monoisotopic (exact) mass is 307 g/mol. The maximum atomic E-state index is 11.7. The number of halogens is 1. The molecule has 2 heterocycles. The average Bonchev–Trinajstić information content (AvgIpc) is 2.35. The lowest BCUT2D eigenvalue weighted by Gasteiger charge is -2.08. The molecular formula is C13H14BrN3O. The van der Waals surface area contributed by atoms with Crippen LogP contribution in [0.4, 0.5) is 5.69 Å². The number of pyridine rings is 2. The van der Waals surface area contributed by atoms with E-state index in [1.807, 2.05) is 19.1 Å². The Morgan fingerprint density at radius 1 is 1.39 bits per heavy atom. The van der Waals surface area contributed by atoms with E-state index in [4.69, 9.17) is 0 Å². The van der Waals surface area contributed by atoms with E-state index in [1.165, 1.54) is 6.07 Å². The Balaban J connectivity index is 2.25. The van der Waals surface area contributed by atoms with Crippen molar-refractivity contribution in [3.63, 3.8) is 0 Å². The summed E-state index contributed by atoms with van der Waals surface area (Å²) in [5.41, 5.74) is 1.84. The Bertz CT molecular complexity index is 595. The second kappa shape index (κ2) is 5.82. The Labute approximate surface area is 114 Å². The van der Waals surface area contributed by atoms with Crippen LogP contribution in [0.25, 0.3) is 0 Å². The molecule has 0 saturated carbocycles. The molecule has 0 fully saturated rings. The predicted octanol–water partition coefficient (Wildman–Crippen LogP) is 2.49. The van der Waals surface area contributed by atoms with Crippen LogP contribution in [0.1, 0.15) is 12.6 Å². The largest absolute Gasteiger partial charge is 0.385 e. The number of aromatic nitrogens is 2. The number of anilines is 1. The first-order chi connectivity index (χ1) is 8.69. The highest BCUT2D eigenvalue weighted by atomic mass is 79.9. The minimum atomic E-state index is -0.0335. The van der Waals surface area contributed by atoms with Crippen molar-refractivity contribution in [2.24, 2.45) is 0 Å². The van der Waals surface area contributed by atoms with Crippen LogP contribution >= 0.6 is 15.9 Å². The van der Waals surface area contributed by atoms with Crippen molar-refractivity contribution >= 4 is 21.6 Å². The third-order valence-electron chi connectivity index (χ3n) is 2.48. The molecule has 0 bridgehead atoms. The fraction of sp³-hybridized carbons (Fsp3) is 0.231. The topological polar surface area (TPSA) is 46.9 Å². The van der Waals surface area contributed by atoms with Crippen LogP contribution < -0.4 is 10.9 Å². The Morgan fingerprint density at radius 3 is 3.00 bits per heavy atom. The first kappa shape index (κ1) is 12.8. The summed E-state index contributed by atoms with van der Waals surface area (Å²) < 4.78 is 2.51. The van der Waals surface area contributed by atoms with E-state index in [2.05, 4.69) is 26.2 Å². The number of hydrogen-bond donors (Lipinski definition) is 1. The first-order valence-electron chi connectivity index (χ1n) is 5.74. The van der Waals surface area contributed by atoms with Gasteiger partial charge in [-0.25, -0.2) is 0 Å². The standard InChI is InChI=1S/C13H14BrN3O/c1-2-15-11-5-6-16-12(7-11)9-17-8-10(14)3-4-13(17)18/h3-8H,2,9H2,1H3,(H,15,16). The van der Waals surface area contributed by atoms with Gasteiger partial charge in [-0.15, -0.1) is 0 Å². The van der Waals surface area contributed by atoms with Gasteiger partial charge in [0.15, 0.2) is 0 Å². The Kier molecular flexibility index (Phi) is 4.15. The van der Waals surface area contributed by atoms with E-state index in [-0.39, 0.29) is 5.56 Å². The molecule has 0 aliphatic carbocycles. The molecule has 0 spiro atoms. The summed E-state index contributed by atoms with van der Waals surface area (Å²) in [6.07, 6.45) is 3.51. The molecule has 0 aromatic carbocycles. The van der Waals surface area contributed by atoms with Crippen molar-refractivity contribution in [1.29, 1.82) is 0 Å². The van der Waals surface area contributed by atoms with Gasteiger partial charge in [-0.2, -0.15) is 0 Å². The zero-order chi connectivity index (χ0) is 13.0. The molecule has 2 rings (SSSR count). The Hall–Kier alpha value is -1.62. The molecule has 4 nitrogen and oxygen atoms in total. The molecule has 18 heavy (non-hydrogen) atoms. The smallest absolute Gasteiger partial charge is 0.250 e. The zero-order valence-corrected chi connectivity index (χ0v) is 11.6. The summed E-state index contributed by atoms with van der Waals surface area (Å²) in [7, 11) is 0. The summed E-state index contributed by atoms with van der Waals surface area (Å²) in [6, 6.07) is 7.15. The van der Waals surface area contributed by atoms with E-state index in [9.17, 15) is 4.79 Å². The summed E-state index contributed by atoms with van der Waals surface area (Å²) >= 11 is 3.36. The van der Waals surface area contributed by atoms with Crippen LogP contribution in [0.5, 0.6) is 0 Å². The molecule has 0 radical (unpaired) electrons. The van der Waals surface area contributed by atoms with Gasteiger partial charge in [0.25, 0.3) is 5.56 Å². The summed E-state index contributed by atoms with van der Waals surface area (Å²) in [4.78, 5) is 16.0. The van der Waals surface area contributed by atoms with Crippen LogP contribution in [-0.2, 0) is 6.54 Å². The molecule has 1 N–H and O–H groups in total. The number of nitrogens with zero attached hydrogens (tertiary/aromatic N) is 2. The second-order valence-electron chi connectivity index (χ2n) is 3.88. The van der Waals surface area contributed by atoms with Crippen LogP contribution in [0.15, 0.2) is 45.9 Å². The Morgan fingerprint density at radius 2 is 2.22 bits per heavy atom. The highest BCUT2D eigenvalue weighted by Crippen LogP contribution is 2.10. The van der Waals surface area contributed by atoms with Crippen LogP contribution in [0.2, 0.25) is 0 Å². The van der Waals surface area contributed by atoms with Gasteiger partial charge < -0.3 is 9.88 Å². The van der Waals surface area contributed by atoms with Crippen molar-refractivity contribution in [2.45, 2.75) is 13.5 Å². The van der Waals surface area contributed by atoms with Crippen molar-refractivity contribution in [1.82, 2.24) is 9.55 Å². The summed E-state index contributed by atoms with van der Waals surface area (Å²) in [6.45, 7) is 3.37. The lowest BCUT2D eigenvalue weighted by molar-refractivity contribution is 0.737. The summed E-state index contributed by atoms with van der Waals surface area (Å²) in [5.74, 6) is 0. The van der Waals surface area contributed by atoms with Crippen LogP contribution in [0.3, 0.4) is 0 Å². The number of hydrogen-bond acceptors (Lipinski definition) is 3. The maximum absolute atomic E-state index is 11.7. The van der Waals surface area contributed by atoms with E-state index < -0.39 is 0 Å². The van der Waals surface area contributed by atoms with Gasteiger partial charge in [0.05, 0.1) is 12.2 Å². The minimum absolute atomic E-state index is 0.0335. The molecule has 94 valence electrons. The molecule has 0 aliphatic rings. The lowest BCUT2D eigenvalue weighted by Crippen LogP contribution is -2.19. The van der Waals surface area contributed by atoms with E-state index in [1.54, 1.807) is 23.0 Å². The van der Waals surface area contributed by atoms with Gasteiger partial charge in [-0.1, -0.05) is 0 Å². The molecule has 0 saturated heterocycles. The quantitative estimate of drug-likeness (QED) is 0.944. The van der Waals surface area contributed by atoms with Crippen LogP contribution in [0, 0.1) is 0 Å². The van der Waals surface area contributed by atoms with Gasteiger partial charge in [0.2, 0.25) is 0 Å². The molecule has 0 amide bonds. The third kappa shape index (κ3) is 3.20. The molecule has 0 aliphatic heterocycles. The van der Waals surface area contributed by atoms with Gasteiger partial charge in [-0.05, 0) is 41.1 Å². The normalized spacial score (nSPS) is 10.3. The maximum Gasteiger partial charge on any atom is 0.250 e. The van der Waals surface area contributed by atoms with Crippen molar-refractivity contribution in [3.8, 4) is 0 Å². The average molecular weight is 308 g/mol. The van der Waals surface area contributed by atoms with Gasteiger partial charge >= 0.3 is 0 Å². The third-order valence-corrected chi connectivity index (χ3v) is 2.95. The fourth-order valence-electron chi connectivity index (χ4n) is 1.68. The summed E-state index contributed by atoms with van der Waals surface area (Å²) in [5, 5.41) is 3.22.